The topological polar surface area (TPSA) is 90.9 Å². The zero-order chi connectivity index (χ0) is 11.7. The number of nitrogens with one attached hydrogen (secondary N) is 1. The van der Waals surface area contributed by atoms with Gasteiger partial charge in [-0.05, 0) is 12.8 Å². The number of hydrogen-bond donors (Lipinski definition) is 2. The average Bonchev–Trinajstić information content (AvgIpc) is 2.84. The molecule has 0 unspecified atom stereocenters. The number of quaternary nitrogens is 1. The van der Waals surface area contributed by atoms with Crippen LogP contribution in [0.15, 0.2) is 12.7 Å². The van der Waals surface area contributed by atoms with Crippen LogP contribution in [-0.4, -0.2) is 25.1 Å². The lowest BCUT2D eigenvalue weighted by molar-refractivity contribution is -0.450. The third-order valence-corrected chi connectivity index (χ3v) is 4.16. The lowest BCUT2D eigenvalue weighted by atomic mass is 9.99. The first-order chi connectivity index (χ1) is 6.79. The van der Waals surface area contributed by atoms with E-state index >= 15 is 0 Å². The van der Waals surface area contributed by atoms with Crippen LogP contribution in [0.4, 0.5) is 0 Å². The van der Waals surface area contributed by atoms with Crippen LogP contribution in [0.1, 0.15) is 26.2 Å². The van der Waals surface area contributed by atoms with Gasteiger partial charge >= 0.3 is 0 Å². The highest BCUT2D eigenvalue weighted by Crippen LogP contribution is 2.27. The fourth-order valence-corrected chi connectivity index (χ4v) is 2.55. The summed E-state index contributed by atoms with van der Waals surface area (Å²) >= 11 is 0. The van der Waals surface area contributed by atoms with E-state index in [1.807, 2.05) is 0 Å². The monoisotopic (exact) mass is 233 g/mol. The summed E-state index contributed by atoms with van der Waals surface area (Å²) in [5, 5.41) is -0.388. The second-order valence-electron chi connectivity index (χ2n) is 4.23. The summed E-state index contributed by atoms with van der Waals surface area (Å²) in [4.78, 5) is 11.6. The summed E-state index contributed by atoms with van der Waals surface area (Å²) < 4.78 is 25.0. The van der Waals surface area contributed by atoms with Crippen molar-refractivity contribution < 1.29 is 18.9 Å². The summed E-state index contributed by atoms with van der Waals surface area (Å²) in [6.07, 6.45) is 3.17. The minimum atomic E-state index is -3.46. The molecule has 15 heavy (non-hydrogen) atoms. The van der Waals surface area contributed by atoms with Crippen LogP contribution in [0.25, 0.3) is 0 Å². The molecular weight excluding hydrogens is 216 g/mol. The number of amides is 1. The summed E-state index contributed by atoms with van der Waals surface area (Å²) in [6.45, 7) is 5.09. The molecule has 1 aliphatic carbocycles. The highest BCUT2D eigenvalue weighted by molar-refractivity contribution is 7.90. The van der Waals surface area contributed by atoms with Gasteiger partial charge in [0, 0.05) is 13.3 Å². The zero-order valence-corrected chi connectivity index (χ0v) is 9.64. The first kappa shape index (κ1) is 12.2. The van der Waals surface area contributed by atoms with Gasteiger partial charge in [0.25, 0.3) is 5.91 Å². The third kappa shape index (κ3) is 3.04. The van der Waals surface area contributed by atoms with E-state index < -0.39 is 21.5 Å². The quantitative estimate of drug-likeness (QED) is 0.607. The summed E-state index contributed by atoms with van der Waals surface area (Å²) in [6, 6.07) is 0. The van der Waals surface area contributed by atoms with Crippen LogP contribution in [0.2, 0.25) is 0 Å². The van der Waals surface area contributed by atoms with Gasteiger partial charge in [0.1, 0.15) is 0 Å². The zero-order valence-electron chi connectivity index (χ0n) is 8.82. The molecule has 1 rings (SSSR count). The molecule has 0 aromatic rings. The molecule has 5 nitrogen and oxygen atoms in total. The predicted molar refractivity (Wildman–Crippen MR) is 56.2 cm³/mol. The van der Waals surface area contributed by atoms with Crippen LogP contribution >= 0.6 is 0 Å². The maximum absolute atomic E-state index is 11.6. The molecule has 1 amide bonds. The Morgan fingerprint density at radius 3 is 2.60 bits per heavy atom. The fraction of sp³-hybridized carbons (Fsp3) is 0.667. The molecule has 1 saturated carbocycles. The van der Waals surface area contributed by atoms with Crippen LogP contribution in [0.3, 0.4) is 0 Å². The maximum atomic E-state index is 11.6. The van der Waals surface area contributed by atoms with Crippen molar-refractivity contribution in [1.82, 2.24) is 4.72 Å². The molecule has 0 heterocycles. The number of carbonyl (C=O) groups excluding carboxylic acids is 1. The van der Waals surface area contributed by atoms with Crippen molar-refractivity contribution in [3.63, 3.8) is 0 Å². The predicted octanol–water partition coefficient (Wildman–Crippen LogP) is -0.828. The highest BCUT2D eigenvalue weighted by atomic mass is 32.2. The van der Waals surface area contributed by atoms with Crippen LogP contribution in [-0.2, 0) is 14.8 Å². The molecule has 1 fully saturated rings. The Balaban J connectivity index is 2.66. The van der Waals surface area contributed by atoms with Gasteiger partial charge in [0.05, 0.1) is 5.25 Å². The standard InChI is InChI=1S/C9H16N2O3S/c1-3-6-9(2,10)8(12)11-15(13,14)7-4-5-7/h3,7H,1,4-6,10H2,2H3,(H,11,12)/p+1/t9-/m1/s1. The lowest BCUT2D eigenvalue weighted by Crippen LogP contribution is -2.77. The van der Waals surface area contributed by atoms with Gasteiger partial charge in [-0.3, -0.25) is 4.79 Å². The van der Waals surface area contributed by atoms with Gasteiger partial charge in [-0.15, -0.1) is 6.58 Å². The van der Waals surface area contributed by atoms with Crippen molar-refractivity contribution in [2.24, 2.45) is 0 Å². The van der Waals surface area contributed by atoms with Crippen molar-refractivity contribution >= 4 is 15.9 Å². The number of hydrogen-bond acceptors (Lipinski definition) is 3. The van der Waals surface area contributed by atoms with Gasteiger partial charge in [-0.1, -0.05) is 6.08 Å². The molecule has 0 bridgehead atoms. The minimum absolute atomic E-state index is 0.346. The van der Waals surface area contributed by atoms with Crippen LogP contribution in [0.5, 0.6) is 0 Å². The maximum Gasteiger partial charge on any atom is 0.294 e. The fourth-order valence-electron chi connectivity index (χ4n) is 1.13. The second kappa shape index (κ2) is 3.94. The minimum Gasteiger partial charge on any atom is -0.345 e. The Morgan fingerprint density at radius 2 is 2.20 bits per heavy atom. The summed E-state index contributed by atoms with van der Waals surface area (Å²) in [5.41, 5.74) is 2.71. The molecule has 0 spiro atoms. The van der Waals surface area contributed by atoms with Gasteiger partial charge in [0.15, 0.2) is 5.54 Å². The van der Waals surface area contributed by atoms with E-state index in [9.17, 15) is 13.2 Å². The van der Waals surface area contributed by atoms with Crippen molar-refractivity contribution in [2.45, 2.75) is 37.0 Å². The first-order valence-electron chi connectivity index (χ1n) is 4.82. The normalized spacial score (nSPS) is 20.4. The second-order valence-corrected chi connectivity index (χ2v) is 6.19. The Labute approximate surface area is 89.8 Å². The lowest BCUT2D eigenvalue weighted by Gasteiger charge is -2.18. The molecule has 0 aliphatic heterocycles. The van der Waals surface area contributed by atoms with Crippen molar-refractivity contribution in [3.8, 4) is 0 Å². The van der Waals surface area contributed by atoms with Crippen LogP contribution < -0.4 is 10.5 Å². The molecule has 86 valence electrons. The third-order valence-electron chi connectivity index (χ3n) is 2.34. The van der Waals surface area contributed by atoms with E-state index in [1.54, 1.807) is 13.0 Å². The molecule has 0 aromatic carbocycles. The summed E-state index contributed by atoms with van der Waals surface area (Å²) in [5.74, 6) is -0.561. The van der Waals surface area contributed by atoms with E-state index in [4.69, 9.17) is 0 Å². The number of rotatable bonds is 5. The van der Waals surface area contributed by atoms with E-state index in [-0.39, 0.29) is 5.25 Å². The summed E-state index contributed by atoms with van der Waals surface area (Å²) in [7, 11) is -3.46. The van der Waals surface area contributed by atoms with Gasteiger partial charge in [0.2, 0.25) is 10.0 Å². The molecule has 4 N–H and O–H groups in total. The molecule has 0 aromatic heterocycles. The Kier molecular flexibility index (Phi) is 3.20. The van der Waals surface area contributed by atoms with Crippen molar-refractivity contribution in [2.75, 3.05) is 0 Å². The van der Waals surface area contributed by atoms with Crippen molar-refractivity contribution in [1.29, 1.82) is 0 Å². The van der Waals surface area contributed by atoms with E-state index in [0.29, 0.717) is 19.3 Å². The number of carbonyl (C=O) groups is 1. The van der Waals surface area contributed by atoms with E-state index in [0.717, 1.165) is 0 Å². The van der Waals surface area contributed by atoms with E-state index in [2.05, 4.69) is 17.0 Å². The average molecular weight is 233 g/mol. The Bertz CT molecular complexity index is 369. The molecule has 1 aliphatic rings. The molecule has 0 radical (unpaired) electrons. The van der Waals surface area contributed by atoms with E-state index in [1.165, 1.54) is 0 Å². The Morgan fingerprint density at radius 1 is 1.67 bits per heavy atom. The highest BCUT2D eigenvalue weighted by Gasteiger charge is 2.41. The van der Waals surface area contributed by atoms with Gasteiger partial charge in [-0.2, -0.15) is 0 Å². The number of sulfonamides is 1. The largest absolute Gasteiger partial charge is 0.345 e. The molecule has 6 heteroatoms. The Hall–Kier alpha value is -0.880. The van der Waals surface area contributed by atoms with Crippen LogP contribution in [0, 0.1) is 0 Å². The van der Waals surface area contributed by atoms with Gasteiger partial charge < -0.3 is 5.73 Å². The molecular formula is C9H17N2O3S+. The van der Waals surface area contributed by atoms with Crippen molar-refractivity contribution in [3.05, 3.63) is 12.7 Å². The smallest absolute Gasteiger partial charge is 0.294 e. The molecule has 0 saturated heterocycles. The SMILES string of the molecule is C=CC[C@@](C)([NH3+])C(=O)NS(=O)(=O)C1CC1. The van der Waals surface area contributed by atoms with Gasteiger partial charge in [-0.25, -0.2) is 13.1 Å². The molecule has 1 atom stereocenters. The first-order valence-corrected chi connectivity index (χ1v) is 6.36.